The van der Waals surface area contributed by atoms with E-state index in [1.165, 1.54) is 17.2 Å². The topological polar surface area (TPSA) is 59.5 Å². The third-order valence-corrected chi connectivity index (χ3v) is 3.62. The molecule has 0 N–H and O–H groups in total. The van der Waals surface area contributed by atoms with Gasteiger partial charge in [0.25, 0.3) is 5.91 Å². The molecule has 0 saturated heterocycles. The maximum atomic E-state index is 12.4. The molecule has 0 saturated carbocycles. The molecule has 0 aromatic carbocycles. The largest absolute Gasteiger partial charge is 0.465 e. The van der Waals surface area contributed by atoms with Gasteiger partial charge in [-0.15, -0.1) is 6.58 Å². The molecule has 0 aliphatic heterocycles. The number of hydrogen-bond donors (Lipinski definition) is 0. The van der Waals surface area contributed by atoms with E-state index in [9.17, 15) is 9.59 Å². The summed E-state index contributed by atoms with van der Waals surface area (Å²) < 4.78 is 4.81. The minimum atomic E-state index is -0.563. The summed E-state index contributed by atoms with van der Waals surface area (Å²) in [5, 5.41) is 0.109. The summed E-state index contributed by atoms with van der Waals surface area (Å²) >= 11 is 17.6. The van der Waals surface area contributed by atoms with Crippen molar-refractivity contribution >= 4 is 46.7 Å². The Balaban J connectivity index is 3.03. The minimum absolute atomic E-state index is 0.0337. The van der Waals surface area contributed by atoms with Crippen molar-refractivity contribution in [3.63, 3.8) is 0 Å². The van der Waals surface area contributed by atoms with Gasteiger partial charge in [-0.25, -0.2) is 4.98 Å². The Kier molecular flexibility index (Phi) is 6.95. The number of esters is 1. The second-order valence-electron chi connectivity index (χ2n) is 3.86. The molecule has 0 spiro atoms. The average Bonchev–Trinajstić information content (AvgIpc) is 2.44. The lowest BCUT2D eigenvalue weighted by atomic mass is 10.3. The van der Waals surface area contributed by atoms with E-state index in [2.05, 4.69) is 11.6 Å². The van der Waals surface area contributed by atoms with Gasteiger partial charge in [0.2, 0.25) is 0 Å². The Morgan fingerprint density at radius 1 is 1.38 bits per heavy atom. The summed E-state index contributed by atoms with van der Waals surface area (Å²) in [5.41, 5.74) is -0.0859. The van der Waals surface area contributed by atoms with E-state index in [1.54, 1.807) is 6.92 Å². The maximum absolute atomic E-state index is 12.4. The van der Waals surface area contributed by atoms with Gasteiger partial charge in [0.1, 0.15) is 12.2 Å². The van der Waals surface area contributed by atoms with E-state index in [-0.39, 0.29) is 40.5 Å². The predicted molar refractivity (Wildman–Crippen MR) is 82.0 cm³/mol. The standard InChI is InChI=1S/C13H13Cl3N2O3/c1-3-5-18(7-9(19)21-4-2)13(20)12-11(16)10(15)8(14)6-17-12/h3,6H,1,4-5,7H2,2H3. The minimum Gasteiger partial charge on any atom is -0.465 e. The van der Waals surface area contributed by atoms with Gasteiger partial charge < -0.3 is 9.64 Å². The van der Waals surface area contributed by atoms with Crippen LogP contribution in [-0.2, 0) is 9.53 Å². The van der Waals surface area contributed by atoms with Gasteiger partial charge in [0.15, 0.2) is 0 Å². The van der Waals surface area contributed by atoms with Gasteiger partial charge in [-0.3, -0.25) is 9.59 Å². The fourth-order valence-corrected chi connectivity index (χ4v) is 2.04. The molecule has 114 valence electrons. The quantitative estimate of drug-likeness (QED) is 0.583. The van der Waals surface area contributed by atoms with Crippen LogP contribution in [0.4, 0.5) is 0 Å². The number of rotatable bonds is 6. The zero-order valence-corrected chi connectivity index (χ0v) is 13.5. The van der Waals surface area contributed by atoms with Crippen molar-refractivity contribution in [2.24, 2.45) is 0 Å². The highest BCUT2D eigenvalue weighted by Gasteiger charge is 2.24. The van der Waals surface area contributed by atoms with Crippen LogP contribution >= 0.6 is 34.8 Å². The van der Waals surface area contributed by atoms with Crippen molar-refractivity contribution in [1.29, 1.82) is 0 Å². The molecule has 1 aromatic heterocycles. The summed E-state index contributed by atoms with van der Waals surface area (Å²) in [6.45, 7) is 5.33. The summed E-state index contributed by atoms with van der Waals surface area (Å²) in [6, 6.07) is 0. The van der Waals surface area contributed by atoms with E-state index in [1.807, 2.05) is 0 Å². The third-order valence-electron chi connectivity index (χ3n) is 2.38. The van der Waals surface area contributed by atoms with Gasteiger partial charge in [-0.05, 0) is 6.92 Å². The summed E-state index contributed by atoms with van der Waals surface area (Å²) in [5.74, 6) is -1.10. The number of carbonyl (C=O) groups excluding carboxylic acids is 2. The van der Waals surface area contributed by atoms with E-state index in [4.69, 9.17) is 39.5 Å². The fourth-order valence-electron chi connectivity index (χ4n) is 1.48. The lowest BCUT2D eigenvalue weighted by molar-refractivity contribution is -0.143. The SMILES string of the molecule is C=CCN(CC(=O)OCC)C(=O)c1ncc(Cl)c(Cl)c1Cl. The maximum Gasteiger partial charge on any atom is 0.325 e. The van der Waals surface area contributed by atoms with Crippen molar-refractivity contribution in [2.75, 3.05) is 19.7 Å². The molecule has 1 rings (SSSR count). The number of carbonyl (C=O) groups is 2. The molecule has 1 amide bonds. The van der Waals surface area contributed by atoms with E-state index >= 15 is 0 Å². The van der Waals surface area contributed by atoms with Gasteiger partial charge in [-0.1, -0.05) is 40.9 Å². The van der Waals surface area contributed by atoms with E-state index in [0.717, 1.165) is 0 Å². The second-order valence-corrected chi connectivity index (χ2v) is 5.03. The average molecular weight is 352 g/mol. The number of pyridine rings is 1. The molecule has 5 nitrogen and oxygen atoms in total. The van der Waals surface area contributed by atoms with Crippen LogP contribution in [0.2, 0.25) is 15.1 Å². The number of amides is 1. The summed E-state index contributed by atoms with van der Waals surface area (Å²) in [4.78, 5) is 29.0. The molecule has 1 aromatic rings. The highest BCUT2D eigenvalue weighted by atomic mass is 35.5. The molecule has 0 unspecified atom stereocenters. The molecule has 1 heterocycles. The van der Waals surface area contributed by atoms with Crippen molar-refractivity contribution in [2.45, 2.75) is 6.92 Å². The second kappa shape index (κ2) is 8.22. The lowest BCUT2D eigenvalue weighted by Crippen LogP contribution is -2.37. The highest BCUT2D eigenvalue weighted by Crippen LogP contribution is 2.31. The first-order valence-corrected chi connectivity index (χ1v) is 7.11. The molecule has 0 fully saturated rings. The lowest BCUT2D eigenvalue weighted by Gasteiger charge is -2.20. The van der Waals surface area contributed by atoms with E-state index in [0.29, 0.717) is 0 Å². The van der Waals surface area contributed by atoms with Gasteiger partial charge in [-0.2, -0.15) is 0 Å². The molecule has 0 radical (unpaired) electrons. The Morgan fingerprint density at radius 2 is 2.05 bits per heavy atom. The first-order chi connectivity index (χ1) is 9.92. The Hall–Kier alpha value is -1.30. The van der Waals surface area contributed by atoms with Crippen molar-refractivity contribution in [1.82, 2.24) is 9.88 Å². The Labute approximate surface area is 137 Å². The van der Waals surface area contributed by atoms with Gasteiger partial charge in [0.05, 0.1) is 21.7 Å². The monoisotopic (exact) mass is 350 g/mol. The number of halogens is 3. The molecule has 0 aliphatic rings. The van der Waals surface area contributed by atoms with Crippen LogP contribution in [0.3, 0.4) is 0 Å². The van der Waals surface area contributed by atoms with Crippen LogP contribution in [0.25, 0.3) is 0 Å². The normalized spacial score (nSPS) is 10.1. The van der Waals surface area contributed by atoms with Crippen LogP contribution in [0.15, 0.2) is 18.9 Å². The first kappa shape index (κ1) is 17.8. The van der Waals surface area contributed by atoms with Crippen LogP contribution in [0.1, 0.15) is 17.4 Å². The number of nitrogens with zero attached hydrogens (tertiary/aromatic N) is 2. The smallest absolute Gasteiger partial charge is 0.325 e. The number of hydrogen-bond acceptors (Lipinski definition) is 4. The van der Waals surface area contributed by atoms with Crippen LogP contribution < -0.4 is 0 Å². The first-order valence-electron chi connectivity index (χ1n) is 5.97. The molecule has 0 bridgehead atoms. The molecule has 8 heteroatoms. The predicted octanol–water partition coefficient (Wildman–Crippen LogP) is 3.23. The summed E-state index contributed by atoms with van der Waals surface area (Å²) in [6.07, 6.45) is 2.70. The fraction of sp³-hybridized carbons (Fsp3) is 0.308. The molecule has 0 aliphatic carbocycles. The Morgan fingerprint density at radius 3 is 2.62 bits per heavy atom. The Bertz CT molecular complexity index is 564. The highest BCUT2D eigenvalue weighted by molar-refractivity contribution is 6.48. The third kappa shape index (κ3) is 4.59. The summed E-state index contributed by atoms with van der Waals surface area (Å²) in [7, 11) is 0. The van der Waals surface area contributed by atoms with Crippen molar-refractivity contribution in [3.05, 3.63) is 39.6 Å². The molecular formula is C13H13Cl3N2O3. The van der Waals surface area contributed by atoms with Crippen LogP contribution in [0, 0.1) is 0 Å². The molecular weight excluding hydrogens is 339 g/mol. The number of ether oxygens (including phenoxy) is 1. The van der Waals surface area contributed by atoms with Crippen molar-refractivity contribution in [3.8, 4) is 0 Å². The zero-order chi connectivity index (χ0) is 16.0. The molecule has 0 atom stereocenters. The van der Waals surface area contributed by atoms with Crippen LogP contribution in [-0.4, -0.2) is 41.5 Å². The van der Waals surface area contributed by atoms with Gasteiger partial charge in [0, 0.05) is 12.7 Å². The van der Waals surface area contributed by atoms with Crippen molar-refractivity contribution < 1.29 is 14.3 Å². The number of aromatic nitrogens is 1. The van der Waals surface area contributed by atoms with Crippen LogP contribution in [0.5, 0.6) is 0 Å². The molecule has 21 heavy (non-hydrogen) atoms. The zero-order valence-electron chi connectivity index (χ0n) is 11.2. The van der Waals surface area contributed by atoms with E-state index < -0.39 is 11.9 Å². The van der Waals surface area contributed by atoms with Gasteiger partial charge >= 0.3 is 5.97 Å².